The van der Waals surface area contributed by atoms with Gasteiger partial charge in [-0.15, -0.1) is 0 Å². The van der Waals surface area contributed by atoms with Crippen molar-refractivity contribution in [3.8, 4) is 11.5 Å². The van der Waals surface area contributed by atoms with Gasteiger partial charge in [0.05, 0.1) is 0 Å². The van der Waals surface area contributed by atoms with Crippen molar-refractivity contribution in [2.75, 3.05) is 0 Å². The van der Waals surface area contributed by atoms with Crippen LogP contribution in [0.3, 0.4) is 0 Å². The Labute approximate surface area is 107 Å². The highest BCUT2D eigenvalue weighted by atomic mass is 16.3. The van der Waals surface area contributed by atoms with Crippen molar-refractivity contribution in [1.82, 2.24) is 0 Å². The molecule has 94 valence electrons. The maximum absolute atomic E-state index is 9.69. The van der Waals surface area contributed by atoms with Gasteiger partial charge in [0.15, 0.2) is 11.5 Å². The van der Waals surface area contributed by atoms with Gasteiger partial charge in [0, 0.05) is 0 Å². The second-order valence-electron chi connectivity index (χ2n) is 5.24. The number of fused-ring (bicyclic) bond motifs is 1. The van der Waals surface area contributed by atoms with Crippen molar-refractivity contribution >= 4 is 10.8 Å². The Hall–Kier alpha value is -1.70. The van der Waals surface area contributed by atoms with Crippen LogP contribution in [0.2, 0.25) is 0 Å². The molecule has 2 aromatic carbocycles. The molecule has 0 aliphatic heterocycles. The lowest BCUT2D eigenvalue weighted by molar-refractivity contribution is 0.404. The zero-order valence-electron chi connectivity index (χ0n) is 10.4. The molecule has 2 heteroatoms. The summed E-state index contributed by atoms with van der Waals surface area (Å²) in [5.41, 5.74) is 1.32. The van der Waals surface area contributed by atoms with Gasteiger partial charge in [-0.25, -0.2) is 0 Å². The van der Waals surface area contributed by atoms with E-state index in [1.807, 2.05) is 12.1 Å². The molecule has 0 heterocycles. The molecule has 0 radical (unpaired) electrons. The topological polar surface area (TPSA) is 40.5 Å². The van der Waals surface area contributed by atoms with E-state index in [1.54, 1.807) is 12.1 Å². The molecule has 0 spiro atoms. The van der Waals surface area contributed by atoms with Crippen molar-refractivity contribution in [2.24, 2.45) is 0 Å². The molecule has 3 rings (SSSR count). The smallest absolute Gasteiger partial charge is 0.158 e. The third-order valence-electron chi connectivity index (χ3n) is 4.05. The largest absolute Gasteiger partial charge is 0.504 e. The Morgan fingerprint density at radius 2 is 1.61 bits per heavy atom. The van der Waals surface area contributed by atoms with Gasteiger partial charge in [-0.3, -0.25) is 0 Å². The standard InChI is InChI=1S/C16H18O2/c17-15-9-12-7-4-8-13(14(12)10-16(15)18)11-5-2-1-3-6-11/h4,7-11,17-18H,1-3,5-6H2. The molecule has 2 N–H and O–H groups in total. The summed E-state index contributed by atoms with van der Waals surface area (Å²) in [6.07, 6.45) is 6.41. The van der Waals surface area contributed by atoms with Gasteiger partial charge in [-0.05, 0) is 47.2 Å². The van der Waals surface area contributed by atoms with Crippen molar-refractivity contribution in [3.63, 3.8) is 0 Å². The summed E-state index contributed by atoms with van der Waals surface area (Å²) >= 11 is 0. The first-order chi connectivity index (χ1) is 8.75. The predicted molar refractivity (Wildman–Crippen MR) is 73.1 cm³/mol. The lowest BCUT2D eigenvalue weighted by Gasteiger charge is -2.23. The number of phenols is 2. The van der Waals surface area contributed by atoms with Gasteiger partial charge in [0.25, 0.3) is 0 Å². The monoisotopic (exact) mass is 242 g/mol. The van der Waals surface area contributed by atoms with E-state index in [2.05, 4.69) is 6.07 Å². The van der Waals surface area contributed by atoms with E-state index in [0.29, 0.717) is 5.92 Å². The molecule has 0 aromatic heterocycles. The van der Waals surface area contributed by atoms with Gasteiger partial charge < -0.3 is 10.2 Å². The fraction of sp³-hybridized carbons (Fsp3) is 0.375. The summed E-state index contributed by atoms with van der Waals surface area (Å²) in [7, 11) is 0. The summed E-state index contributed by atoms with van der Waals surface area (Å²) in [5.74, 6) is 0.542. The van der Waals surface area contributed by atoms with Crippen LogP contribution in [0, 0.1) is 0 Å². The summed E-state index contributed by atoms with van der Waals surface area (Å²) in [6.45, 7) is 0. The van der Waals surface area contributed by atoms with Crippen molar-refractivity contribution in [2.45, 2.75) is 38.0 Å². The Kier molecular flexibility index (Phi) is 2.86. The summed E-state index contributed by atoms with van der Waals surface area (Å²) in [6, 6.07) is 9.55. The van der Waals surface area contributed by atoms with Gasteiger partial charge in [-0.2, -0.15) is 0 Å². The Bertz CT molecular complexity index is 569. The van der Waals surface area contributed by atoms with E-state index < -0.39 is 0 Å². The molecule has 0 unspecified atom stereocenters. The first-order valence-electron chi connectivity index (χ1n) is 6.70. The highest BCUT2D eigenvalue weighted by Crippen LogP contribution is 2.39. The number of benzene rings is 2. The van der Waals surface area contributed by atoms with Crippen molar-refractivity contribution in [3.05, 3.63) is 35.9 Å². The second-order valence-corrected chi connectivity index (χ2v) is 5.24. The van der Waals surface area contributed by atoms with Crippen LogP contribution >= 0.6 is 0 Å². The molecule has 2 nitrogen and oxygen atoms in total. The maximum Gasteiger partial charge on any atom is 0.158 e. The maximum atomic E-state index is 9.69. The zero-order chi connectivity index (χ0) is 12.5. The lowest BCUT2D eigenvalue weighted by Crippen LogP contribution is -2.04. The Balaban J connectivity index is 2.13. The third-order valence-corrected chi connectivity index (χ3v) is 4.05. The minimum atomic E-state index is -0.0386. The second kappa shape index (κ2) is 4.52. The fourth-order valence-corrected chi connectivity index (χ4v) is 3.10. The van der Waals surface area contributed by atoms with Gasteiger partial charge in [0.2, 0.25) is 0 Å². The minimum Gasteiger partial charge on any atom is -0.504 e. The van der Waals surface area contributed by atoms with E-state index in [4.69, 9.17) is 0 Å². The third kappa shape index (κ3) is 1.92. The van der Waals surface area contributed by atoms with E-state index >= 15 is 0 Å². The minimum absolute atomic E-state index is 0.0224. The molecule has 0 bridgehead atoms. The van der Waals surface area contributed by atoms with Crippen LogP contribution in [0.15, 0.2) is 30.3 Å². The van der Waals surface area contributed by atoms with Crippen LogP contribution in [-0.4, -0.2) is 10.2 Å². The molecule has 1 aliphatic carbocycles. The molecular weight excluding hydrogens is 224 g/mol. The molecule has 1 saturated carbocycles. The molecule has 0 saturated heterocycles. The van der Waals surface area contributed by atoms with E-state index in [1.165, 1.54) is 37.7 Å². The first-order valence-corrected chi connectivity index (χ1v) is 6.70. The van der Waals surface area contributed by atoms with Crippen LogP contribution in [0.25, 0.3) is 10.8 Å². The van der Waals surface area contributed by atoms with Crippen LogP contribution in [0.5, 0.6) is 11.5 Å². The normalized spacial score (nSPS) is 17.1. The molecule has 1 aliphatic rings. The van der Waals surface area contributed by atoms with Gasteiger partial charge in [-0.1, -0.05) is 37.5 Å². The number of hydrogen-bond acceptors (Lipinski definition) is 2. The first kappa shape index (κ1) is 11.4. The molecule has 0 amide bonds. The predicted octanol–water partition coefficient (Wildman–Crippen LogP) is 4.30. The average molecular weight is 242 g/mol. The van der Waals surface area contributed by atoms with Crippen molar-refractivity contribution in [1.29, 1.82) is 0 Å². The van der Waals surface area contributed by atoms with E-state index in [9.17, 15) is 10.2 Å². The molecule has 2 aromatic rings. The van der Waals surface area contributed by atoms with Crippen LogP contribution in [-0.2, 0) is 0 Å². The quantitative estimate of drug-likeness (QED) is 0.732. The van der Waals surface area contributed by atoms with E-state index in [-0.39, 0.29) is 11.5 Å². The van der Waals surface area contributed by atoms with E-state index in [0.717, 1.165) is 10.8 Å². The highest BCUT2D eigenvalue weighted by Gasteiger charge is 2.18. The molecule has 0 atom stereocenters. The number of rotatable bonds is 1. The van der Waals surface area contributed by atoms with Gasteiger partial charge >= 0.3 is 0 Å². The number of aromatic hydroxyl groups is 2. The average Bonchev–Trinajstić information content (AvgIpc) is 2.40. The summed E-state index contributed by atoms with van der Waals surface area (Å²) in [5, 5.41) is 21.3. The van der Waals surface area contributed by atoms with Crippen LogP contribution < -0.4 is 0 Å². The highest BCUT2D eigenvalue weighted by molar-refractivity contribution is 5.89. The Morgan fingerprint density at radius 3 is 2.39 bits per heavy atom. The van der Waals surface area contributed by atoms with Crippen LogP contribution in [0.1, 0.15) is 43.6 Å². The Morgan fingerprint density at radius 1 is 0.889 bits per heavy atom. The summed E-state index contributed by atoms with van der Waals surface area (Å²) < 4.78 is 0. The van der Waals surface area contributed by atoms with Crippen LogP contribution in [0.4, 0.5) is 0 Å². The molecule has 1 fully saturated rings. The number of phenolic OH excluding ortho intramolecular Hbond substituents is 2. The fourth-order valence-electron chi connectivity index (χ4n) is 3.10. The lowest BCUT2D eigenvalue weighted by atomic mass is 9.82. The zero-order valence-corrected chi connectivity index (χ0v) is 10.4. The van der Waals surface area contributed by atoms with Gasteiger partial charge in [0.1, 0.15) is 0 Å². The number of hydrogen-bond donors (Lipinski definition) is 2. The molecule has 18 heavy (non-hydrogen) atoms. The summed E-state index contributed by atoms with van der Waals surface area (Å²) in [4.78, 5) is 0. The van der Waals surface area contributed by atoms with Crippen molar-refractivity contribution < 1.29 is 10.2 Å². The molecular formula is C16H18O2. The SMILES string of the molecule is Oc1cc2cccc(C3CCCCC3)c2cc1O.